The summed E-state index contributed by atoms with van der Waals surface area (Å²) in [7, 11) is 0. The van der Waals surface area contributed by atoms with E-state index in [4.69, 9.17) is 10.6 Å². The molecule has 1 aromatic rings. The Balaban J connectivity index is 2.40. The van der Waals surface area contributed by atoms with E-state index in [1.54, 1.807) is 0 Å². The van der Waals surface area contributed by atoms with Gasteiger partial charge >= 0.3 is 0 Å². The maximum atomic E-state index is 5.53. The van der Waals surface area contributed by atoms with Crippen LogP contribution in [0.5, 0.6) is 0 Å². The van der Waals surface area contributed by atoms with Crippen LogP contribution in [0.4, 0.5) is 11.6 Å². The summed E-state index contributed by atoms with van der Waals surface area (Å²) in [5.41, 5.74) is 3.65. The molecule has 0 spiro atoms. The van der Waals surface area contributed by atoms with Gasteiger partial charge in [-0.15, -0.1) is 0 Å². The van der Waals surface area contributed by atoms with Gasteiger partial charge in [0.2, 0.25) is 0 Å². The summed E-state index contributed by atoms with van der Waals surface area (Å²) in [6.07, 6.45) is 0. The van der Waals surface area contributed by atoms with E-state index < -0.39 is 0 Å². The number of aromatic nitrogens is 2. The van der Waals surface area contributed by atoms with Crippen molar-refractivity contribution in [2.45, 2.75) is 26.7 Å². The highest BCUT2D eigenvalue weighted by Gasteiger charge is 2.19. The second kappa shape index (κ2) is 5.49. The SMILES string of the molecule is Cc1c(NN)nc(C(C)C)nc1N1CCOCC1. The van der Waals surface area contributed by atoms with E-state index >= 15 is 0 Å². The fourth-order valence-electron chi connectivity index (χ4n) is 2.00. The summed E-state index contributed by atoms with van der Waals surface area (Å²) in [6, 6.07) is 0. The van der Waals surface area contributed by atoms with Gasteiger partial charge in [-0.1, -0.05) is 13.8 Å². The van der Waals surface area contributed by atoms with Gasteiger partial charge in [-0.05, 0) is 6.92 Å². The van der Waals surface area contributed by atoms with E-state index in [-0.39, 0.29) is 5.92 Å². The number of nitrogens with two attached hydrogens (primary N) is 1. The second-order valence-corrected chi connectivity index (χ2v) is 4.78. The molecule has 2 rings (SSSR count). The van der Waals surface area contributed by atoms with Crippen molar-refractivity contribution >= 4 is 11.6 Å². The Morgan fingerprint density at radius 1 is 1.28 bits per heavy atom. The number of nitrogens with zero attached hydrogens (tertiary/aromatic N) is 3. The molecule has 1 saturated heterocycles. The molecule has 0 saturated carbocycles. The van der Waals surface area contributed by atoms with Crippen LogP contribution < -0.4 is 16.2 Å². The summed E-state index contributed by atoms with van der Waals surface area (Å²) in [6.45, 7) is 9.35. The molecule has 0 radical (unpaired) electrons. The minimum atomic E-state index is 0.275. The first kappa shape index (κ1) is 13.0. The van der Waals surface area contributed by atoms with Gasteiger partial charge in [0.05, 0.1) is 13.2 Å². The first-order valence-electron chi connectivity index (χ1n) is 6.31. The van der Waals surface area contributed by atoms with E-state index in [0.29, 0.717) is 5.82 Å². The topological polar surface area (TPSA) is 76.3 Å². The normalized spacial score (nSPS) is 16.2. The lowest BCUT2D eigenvalue weighted by Crippen LogP contribution is -2.37. The van der Waals surface area contributed by atoms with Crippen LogP contribution in [-0.2, 0) is 4.74 Å². The van der Waals surface area contributed by atoms with Gasteiger partial charge in [0.25, 0.3) is 0 Å². The van der Waals surface area contributed by atoms with Crippen molar-refractivity contribution < 1.29 is 4.74 Å². The fraction of sp³-hybridized carbons (Fsp3) is 0.667. The van der Waals surface area contributed by atoms with Gasteiger partial charge in [-0.2, -0.15) is 0 Å². The molecule has 6 heteroatoms. The van der Waals surface area contributed by atoms with Gasteiger partial charge in [0.1, 0.15) is 17.5 Å². The monoisotopic (exact) mass is 251 g/mol. The van der Waals surface area contributed by atoms with Gasteiger partial charge < -0.3 is 15.1 Å². The highest BCUT2D eigenvalue weighted by molar-refractivity contribution is 5.58. The van der Waals surface area contributed by atoms with Gasteiger partial charge in [0.15, 0.2) is 0 Å². The Labute approximate surface area is 108 Å². The molecule has 0 aliphatic carbocycles. The predicted molar refractivity (Wildman–Crippen MR) is 71.7 cm³/mol. The average Bonchev–Trinajstić information content (AvgIpc) is 2.39. The highest BCUT2D eigenvalue weighted by atomic mass is 16.5. The summed E-state index contributed by atoms with van der Waals surface area (Å²) in [4.78, 5) is 11.3. The Hall–Kier alpha value is -1.40. The van der Waals surface area contributed by atoms with Gasteiger partial charge in [-0.25, -0.2) is 15.8 Å². The third kappa shape index (κ3) is 2.54. The first-order chi connectivity index (χ1) is 8.63. The van der Waals surface area contributed by atoms with Crippen molar-refractivity contribution in [3.8, 4) is 0 Å². The molecule has 18 heavy (non-hydrogen) atoms. The minimum Gasteiger partial charge on any atom is -0.378 e. The molecular formula is C12H21N5O. The maximum absolute atomic E-state index is 5.53. The third-order valence-corrected chi connectivity index (χ3v) is 3.10. The molecule has 0 aromatic carbocycles. The third-order valence-electron chi connectivity index (χ3n) is 3.10. The fourth-order valence-corrected chi connectivity index (χ4v) is 2.00. The zero-order valence-electron chi connectivity index (χ0n) is 11.2. The van der Waals surface area contributed by atoms with Crippen LogP contribution >= 0.6 is 0 Å². The molecule has 1 aliphatic heterocycles. The maximum Gasteiger partial charge on any atom is 0.148 e. The Kier molecular flexibility index (Phi) is 3.98. The summed E-state index contributed by atoms with van der Waals surface area (Å²) in [5.74, 6) is 8.29. The van der Waals surface area contributed by atoms with Crippen molar-refractivity contribution in [2.24, 2.45) is 5.84 Å². The Bertz CT molecular complexity index is 415. The van der Waals surface area contributed by atoms with E-state index in [1.165, 1.54) is 0 Å². The van der Waals surface area contributed by atoms with Crippen LogP contribution in [0.15, 0.2) is 0 Å². The molecule has 0 atom stereocenters. The van der Waals surface area contributed by atoms with Crippen LogP contribution in [0.2, 0.25) is 0 Å². The van der Waals surface area contributed by atoms with Gasteiger partial charge in [0, 0.05) is 24.6 Å². The van der Waals surface area contributed by atoms with E-state index in [0.717, 1.165) is 43.5 Å². The first-order valence-corrected chi connectivity index (χ1v) is 6.31. The quantitative estimate of drug-likeness (QED) is 0.617. The largest absolute Gasteiger partial charge is 0.378 e. The second-order valence-electron chi connectivity index (χ2n) is 4.78. The van der Waals surface area contributed by atoms with Crippen LogP contribution in [-0.4, -0.2) is 36.3 Å². The lowest BCUT2D eigenvalue weighted by Gasteiger charge is -2.30. The number of hydrogen-bond donors (Lipinski definition) is 2. The molecule has 1 aromatic heterocycles. The van der Waals surface area contributed by atoms with Crippen molar-refractivity contribution in [3.05, 3.63) is 11.4 Å². The van der Waals surface area contributed by atoms with Crippen LogP contribution in [0, 0.1) is 6.92 Å². The molecule has 1 aliphatic rings. The number of anilines is 2. The van der Waals surface area contributed by atoms with Crippen molar-refractivity contribution in [3.63, 3.8) is 0 Å². The predicted octanol–water partition coefficient (Wildman–Crippen LogP) is 1.03. The van der Waals surface area contributed by atoms with Crippen molar-refractivity contribution in [1.82, 2.24) is 9.97 Å². The lowest BCUT2D eigenvalue weighted by atomic mass is 10.2. The standard InChI is InChI=1S/C12H21N5O/c1-8(2)10-14-11(16-13)9(3)12(15-10)17-4-6-18-7-5-17/h8H,4-7,13H2,1-3H3,(H,14,15,16). The molecule has 1 fully saturated rings. The number of hydrazine groups is 1. The van der Waals surface area contributed by atoms with Gasteiger partial charge in [-0.3, -0.25) is 0 Å². The summed E-state index contributed by atoms with van der Waals surface area (Å²) in [5, 5.41) is 0. The Morgan fingerprint density at radius 3 is 2.50 bits per heavy atom. The molecule has 0 amide bonds. The summed E-state index contributed by atoms with van der Waals surface area (Å²) < 4.78 is 5.37. The molecule has 100 valence electrons. The molecular weight excluding hydrogens is 230 g/mol. The zero-order valence-corrected chi connectivity index (χ0v) is 11.2. The molecule has 2 heterocycles. The molecule has 6 nitrogen and oxygen atoms in total. The van der Waals surface area contributed by atoms with E-state index in [2.05, 4.69) is 34.1 Å². The zero-order chi connectivity index (χ0) is 13.1. The van der Waals surface area contributed by atoms with Crippen LogP contribution in [0.25, 0.3) is 0 Å². The lowest BCUT2D eigenvalue weighted by molar-refractivity contribution is 0.122. The highest BCUT2D eigenvalue weighted by Crippen LogP contribution is 2.26. The Morgan fingerprint density at radius 2 is 1.94 bits per heavy atom. The van der Waals surface area contributed by atoms with Crippen molar-refractivity contribution in [1.29, 1.82) is 0 Å². The van der Waals surface area contributed by atoms with E-state index in [9.17, 15) is 0 Å². The number of morpholine rings is 1. The molecule has 0 bridgehead atoms. The number of rotatable bonds is 3. The van der Waals surface area contributed by atoms with E-state index in [1.807, 2.05) is 6.92 Å². The minimum absolute atomic E-state index is 0.275. The van der Waals surface area contributed by atoms with Crippen LogP contribution in [0.3, 0.4) is 0 Å². The molecule has 0 unspecified atom stereocenters. The average molecular weight is 251 g/mol. The number of hydrogen-bond acceptors (Lipinski definition) is 6. The number of nitrogens with one attached hydrogen (secondary N) is 1. The smallest absolute Gasteiger partial charge is 0.148 e. The number of ether oxygens (including phenoxy) is 1. The summed E-state index contributed by atoms with van der Waals surface area (Å²) >= 11 is 0. The van der Waals surface area contributed by atoms with Crippen molar-refractivity contribution in [2.75, 3.05) is 36.6 Å². The van der Waals surface area contributed by atoms with Crippen LogP contribution in [0.1, 0.15) is 31.2 Å². The molecule has 3 N–H and O–H groups in total. The number of nitrogen functional groups attached to an aromatic ring is 1.